The van der Waals surface area contributed by atoms with Crippen LogP contribution in [0.15, 0.2) is 48.1 Å². The minimum atomic E-state index is -1.56. The van der Waals surface area contributed by atoms with Gasteiger partial charge in [0.1, 0.15) is 12.8 Å². The molecular weight excluding hydrogens is 577 g/mol. The summed E-state index contributed by atoms with van der Waals surface area (Å²) >= 11 is 0. The lowest BCUT2D eigenvalue weighted by molar-refractivity contribution is -0.763. The number of benzene rings is 1. The molecule has 0 bridgehead atoms. The Labute approximate surface area is 253 Å². The number of Topliss-reactive ketones (excluding diaryl/α,β-unsaturated/α-hetero) is 1. The van der Waals surface area contributed by atoms with Crippen LogP contribution in [0.2, 0.25) is 0 Å². The summed E-state index contributed by atoms with van der Waals surface area (Å²) in [5.74, 6) is -3.64. The third kappa shape index (κ3) is 4.52. The lowest BCUT2D eigenvalue weighted by Gasteiger charge is -2.60. The molecule has 1 aromatic carbocycles. The van der Waals surface area contributed by atoms with E-state index in [0.717, 1.165) is 0 Å². The average Bonchev–Trinajstić information content (AvgIpc) is 3.36. The average molecular weight is 614 g/mol. The number of halogens is 1. The molecule has 9 atom stereocenters. The predicted molar refractivity (Wildman–Crippen MR) is 150 cm³/mol. The number of ether oxygens (including phenoxy) is 3. The molecule has 6 rings (SSSR count). The van der Waals surface area contributed by atoms with Gasteiger partial charge in [0, 0.05) is 16.7 Å². The summed E-state index contributed by atoms with van der Waals surface area (Å²) in [7, 11) is 0. The molecule has 1 heterocycles. The number of esters is 1. The highest BCUT2D eigenvalue weighted by molar-refractivity contribution is 6.01. The number of fused-ring (bicyclic) bond motifs is 7. The summed E-state index contributed by atoms with van der Waals surface area (Å²) in [6, 6.07) is 5.80. The normalized spacial score (nSPS) is 39.8. The first-order valence-electron chi connectivity index (χ1n) is 14.8. The van der Waals surface area contributed by atoms with Gasteiger partial charge in [0.2, 0.25) is 5.78 Å². The zero-order chi connectivity index (χ0) is 31.8. The number of hydrogen-bond donors (Lipinski definition) is 1. The summed E-state index contributed by atoms with van der Waals surface area (Å²) in [5.41, 5.74) is -2.39. The van der Waals surface area contributed by atoms with Crippen LogP contribution >= 0.6 is 0 Å². The Morgan fingerprint density at radius 3 is 2.55 bits per heavy atom. The van der Waals surface area contributed by atoms with E-state index in [0.29, 0.717) is 17.6 Å². The van der Waals surface area contributed by atoms with Crippen molar-refractivity contribution < 1.29 is 48.0 Å². The Kier molecular flexibility index (Phi) is 7.14. The number of ketones is 2. The maximum absolute atomic E-state index is 15.8. The number of hydrogen-bond acceptors (Lipinski definition) is 10. The third-order valence-electron chi connectivity index (χ3n) is 10.7. The molecule has 1 aromatic rings. The molecule has 12 heteroatoms. The van der Waals surface area contributed by atoms with Crippen LogP contribution in [0.1, 0.15) is 62.9 Å². The van der Waals surface area contributed by atoms with Crippen molar-refractivity contribution in [1.29, 1.82) is 0 Å². The molecule has 5 aliphatic rings. The smallest absolute Gasteiger partial charge is 0.338 e. The monoisotopic (exact) mass is 613 g/mol. The maximum atomic E-state index is 15.8. The van der Waals surface area contributed by atoms with Gasteiger partial charge in [0.25, 0.3) is 5.09 Å². The number of nitrogens with zero attached hydrogens (tertiary/aromatic N) is 1. The first-order valence-corrected chi connectivity index (χ1v) is 14.8. The second kappa shape index (κ2) is 10.3. The second-order valence-corrected chi connectivity index (χ2v) is 13.6. The Balaban J connectivity index is 1.26. The van der Waals surface area contributed by atoms with Gasteiger partial charge in [-0.05, 0) is 80.4 Å². The first kappa shape index (κ1) is 30.5. The van der Waals surface area contributed by atoms with E-state index in [-0.39, 0.29) is 48.5 Å². The standard InChI is InChI=1S/C32H36FNO10/c1-29(2)43-26-13-21-20-12-23(33)22-11-19(35)9-10-30(22,3)27(20)24(36)14-31(21,4)32(26,44-29)25(37)16-41-28(38)18-7-5-17(6-8-18)15-42-34(39)40/h5-11,20-21,23-24,26-27,36H,12-16H2,1-4H3/t20?,21?,23-,24-,26+,27?,30-,31-,32+/m0/s1. The van der Waals surface area contributed by atoms with Gasteiger partial charge in [0.05, 0.1) is 17.8 Å². The number of rotatable bonds is 7. The number of aliphatic hydroxyl groups is 1. The summed E-state index contributed by atoms with van der Waals surface area (Å²) in [6.07, 6.45) is 2.14. The van der Waals surface area contributed by atoms with Crippen LogP contribution in [0.3, 0.4) is 0 Å². The van der Waals surface area contributed by atoms with Crippen LogP contribution in [0.5, 0.6) is 0 Å². The van der Waals surface area contributed by atoms with E-state index >= 15 is 4.39 Å². The summed E-state index contributed by atoms with van der Waals surface area (Å²) in [6.45, 7) is 6.27. The largest absolute Gasteiger partial charge is 0.454 e. The number of carbonyl (C=O) groups is 3. The van der Waals surface area contributed by atoms with Crippen molar-refractivity contribution in [1.82, 2.24) is 0 Å². The van der Waals surface area contributed by atoms with Gasteiger partial charge in [0.15, 0.2) is 23.8 Å². The fourth-order valence-electron chi connectivity index (χ4n) is 9.12. The highest BCUT2D eigenvalue weighted by Crippen LogP contribution is 2.70. The Morgan fingerprint density at radius 1 is 1.16 bits per heavy atom. The van der Waals surface area contributed by atoms with Gasteiger partial charge >= 0.3 is 5.97 Å². The topological polar surface area (TPSA) is 152 Å². The van der Waals surface area contributed by atoms with Crippen molar-refractivity contribution in [2.45, 2.75) is 83.3 Å². The van der Waals surface area contributed by atoms with Crippen LogP contribution in [-0.4, -0.2) is 64.1 Å². The van der Waals surface area contributed by atoms with Crippen molar-refractivity contribution in [3.63, 3.8) is 0 Å². The number of carbonyl (C=O) groups excluding carboxylic acids is 3. The second-order valence-electron chi connectivity index (χ2n) is 13.6. The van der Waals surface area contributed by atoms with Crippen LogP contribution in [0, 0.1) is 38.7 Å². The fourth-order valence-corrected chi connectivity index (χ4v) is 9.12. The van der Waals surface area contributed by atoms with Crippen molar-refractivity contribution in [2.75, 3.05) is 6.61 Å². The molecular formula is C32H36FNO10. The quantitative estimate of drug-likeness (QED) is 0.273. The maximum Gasteiger partial charge on any atom is 0.338 e. The minimum absolute atomic E-state index is 0.0998. The minimum Gasteiger partial charge on any atom is -0.454 e. The SMILES string of the molecule is CC1(C)O[C@@H]2CC3C4C[C@H](F)C5=CC(=O)C=C[C@]5(C)C4[C@@H](O)C[C@]3(C)[C@]2(C(=O)COC(=O)c2ccc(CO[N+](=O)[O-])cc2)O1. The molecule has 0 aromatic heterocycles. The molecule has 0 amide bonds. The summed E-state index contributed by atoms with van der Waals surface area (Å²) in [5, 5.41) is 21.3. The van der Waals surface area contributed by atoms with Crippen LogP contribution in [0.4, 0.5) is 4.39 Å². The molecule has 11 nitrogen and oxygen atoms in total. The van der Waals surface area contributed by atoms with E-state index in [4.69, 9.17) is 14.2 Å². The Bertz CT molecular complexity index is 1470. The zero-order valence-corrected chi connectivity index (χ0v) is 25.0. The Hall–Kier alpha value is -3.48. The van der Waals surface area contributed by atoms with Crippen molar-refractivity contribution in [2.24, 2.45) is 28.6 Å². The van der Waals surface area contributed by atoms with Gasteiger partial charge < -0.3 is 24.2 Å². The number of alkyl halides is 1. The number of aliphatic hydroxyl groups excluding tert-OH is 1. The van der Waals surface area contributed by atoms with E-state index in [1.54, 1.807) is 19.9 Å². The lowest BCUT2D eigenvalue weighted by Crippen LogP contribution is -2.64. The van der Waals surface area contributed by atoms with E-state index in [2.05, 4.69) is 4.84 Å². The molecule has 1 N–H and O–H groups in total. The molecule has 4 fully saturated rings. The molecule has 0 spiro atoms. The van der Waals surface area contributed by atoms with Gasteiger partial charge in [-0.15, -0.1) is 10.1 Å². The Morgan fingerprint density at radius 2 is 1.86 bits per heavy atom. The van der Waals surface area contributed by atoms with E-state index in [9.17, 15) is 29.6 Å². The van der Waals surface area contributed by atoms with E-state index in [1.807, 2.05) is 13.8 Å². The highest BCUT2D eigenvalue weighted by atomic mass is 19.1. The van der Waals surface area contributed by atoms with Crippen LogP contribution in [-0.2, 0) is 35.2 Å². The summed E-state index contributed by atoms with van der Waals surface area (Å²) < 4.78 is 34.0. The molecule has 1 saturated heterocycles. The fraction of sp³-hybridized carbons (Fsp3) is 0.594. The first-order chi connectivity index (χ1) is 20.6. The zero-order valence-electron chi connectivity index (χ0n) is 25.0. The molecule has 3 unspecified atom stereocenters. The van der Waals surface area contributed by atoms with Crippen molar-refractivity contribution in [3.8, 4) is 0 Å². The molecule has 4 aliphatic carbocycles. The van der Waals surface area contributed by atoms with E-state index < -0.39 is 64.0 Å². The molecule has 3 saturated carbocycles. The molecule has 44 heavy (non-hydrogen) atoms. The van der Waals surface area contributed by atoms with Gasteiger partial charge in [-0.2, -0.15) is 0 Å². The van der Waals surface area contributed by atoms with Crippen LogP contribution in [0.25, 0.3) is 0 Å². The van der Waals surface area contributed by atoms with Crippen LogP contribution < -0.4 is 0 Å². The lowest BCUT2D eigenvalue weighted by atomic mass is 9.46. The molecule has 236 valence electrons. The van der Waals surface area contributed by atoms with Gasteiger partial charge in [-0.25, -0.2) is 9.18 Å². The predicted octanol–water partition coefficient (Wildman–Crippen LogP) is 3.85. The van der Waals surface area contributed by atoms with Crippen molar-refractivity contribution in [3.05, 3.63) is 69.3 Å². The van der Waals surface area contributed by atoms with Gasteiger partial charge in [-0.3, -0.25) is 9.59 Å². The van der Waals surface area contributed by atoms with Crippen molar-refractivity contribution >= 4 is 17.5 Å². The highest BCUT2D eigenvalue weighted by Gasteiger charge is 2.77. The molecule has 0 radical (unpaired) electrons. The summed E-state index contributed by atoms with van der Waals surface area (Å²) in [4.78, 5) is 54.0. The number of allylic oxidation sites excluding steroid dienone is 4. The molecule has 1 aliphatic heterocycles. The third-order valence-corrected chi connectivity index (χ3v) is 10.7. The van der Waals surface area contributed by atoms with E-state index in [1.165, 1.54) is 36.4 Å². The van der Waals surface area contributed by atoms with Gasteiger partial charge in [-0.1, -0.05) is 32.1 Å².